The van der Waals surface area contributed by atoms with Gasteiger partial charge in [-0.2, -0.15) is 0 Å². The third-order valence-corrected chi connectivity index (χ3v) is 7.37. The van der Waals surface area contributed by atoms with Gasteiger partial charge in [0.05, 0.1) is 15.8 Å². The van der Waals surface area contributed by atoms with Gasteiger partial charge < -0.3 is 10.2 Å². The normalized spacial score (nSPS) is 14.9. The molecule has 1 fully saturated rings. The molecule has 172 valence electrons. The summed E-state index contributed by atoms with van der Waals surface area (Å²) in [6.45, 7) is 1.74. The Hall–Kier alpha value is -1.76. The lowest BCUT2D eigenvalue weighted by atomic mass is 10.1. The first-order valence-corrected chi connectivity index (χ1v) is 12.6. The Bertz CT molecular complexity index is 953. The van der Waals surface area contributed by atoms with E-state index in [1.807, 2.05) is 6.07 Å². The first-order valence-electron chi connectivity index (χ1n) is 10.7. The van der Waals surface area contributed by atoms with Crippen LogP contribution in [0.3, 0.4) is 0 Å². The average Bonchev–Trinajstić information content (AvgIpc) is 3.28. The summed E-state index contributed by atoms with van der Waals surface area (Å²) >= 11 is 13.4. The molecule has 0 heterocycles. The summed E-state index contributed by atoms with van der Waals surface area (Å²) in [5, 5.41) is 4.00. The highest BCUT2D eigenvalue weighted by Gasteiger charge is 2.28. The van der Waals surface area contributed by atoms with Crippen molar-refractivity contribution in [3.63, 3.8) is 0 Å². The molecule has 0 saturated heterocycles. The summed E-state index contributed by atoms with van der Waals surface area (Å²) in [5.74, 6) is -0.0743. The van der Waals surface area contributed by atoms with Crippen molar-refractivity contribution in [1.82, 2.24) is 10.2 Å². The molecule has 4 nitrogen and oxygen atoms in total. The Morgan fingerprint density at radius 2 is 1.88 bits per heavy atom. The van der Waals surface area contributed by atoms with Crippen LogP contribution in [-0.2, 0) is 21.9 Å². The average molecular weight is 497 g/mol. The van der Waals surface area contributed by atoms with Gasteiger partial charge in [0.15, 0.2) is 0 Å². The van der Waals surface area contributed by atoms with Crippen molar-refractivity contribution >= 4 is 46.8 Å². The number of carbonyl (C=O) groups is 2. The van der Waals surface area contributed by atoms with Crippen LogP contribution in [0.5, 0.6) is 0 Å². The van der Waals surface area contributed by atoms with Gasteiger partial charge in [0.1, 0.15) is 11.9 Å². The van der Waals surface area contributed by atoms with E-state index in [4.69, 9.17) is 23.2 Å². The van der Waals surface area contributed by atoms with E-state index in [0.29, 0.717) is 21.4 Å². The Kier molecular flexibility index (Phi) is 9.26. The lowest BCUT2D eigenvalue weighted by Gasteiger charge is -2.29. The van der Waals surface area contributed by atoms with Crippen molar-refractivity contribution in [3.8, 4) is 0 Å². The number of hydrogen-bond acceptors (Lipinski definition) is 3. The number of rotatable bonds is 9. The molecule has 1 N–H and O–H groups in total. The van der Waals surface area contributed by atoms with Gasteiger partial charge in [0.2, 0.25) is 11.8 Å². The highest BCUT2D eigenvalue weighted by molar-refractivity contribution is 7.99. The summed E-state index contributed by atoms with van der Waals surface area (Å²) in [6.07, 6.45) is 4.11. The van der Waals surface area contributed by atoms with Crippen molar-refractivity contribution in [2.75, 3.05) is 5.75 Å². The molecular formula is C24H27Cl2FN2O2S. The van der Waals surface area contributed by atoms with Crippen molar-refractivity contribution in [2.45, 2.75) is 57.0 Å². The van der Waals surface area contributed by atoms with Gasteiger partial charge in [-0.25, -0.2) is 4.39 Å². The van der Waals surface area contributed by atoms with Gasteiger partial charge in [0.25, 0.3) is 0 Å². The number of hydrogen-bond donors (Lipinski definition) is 1. The molecule has 0 aromatic heterocycles. The lowest BCUT2D eigenvalue weighted by Crippen LogP contribution is -2.50. The quantitative estimate of drug-likeness (QED) is 0.474. The number of nitrogens with one attached hydrogen (secondary N) is 1. The molecule has 0 radical (unpaired) electrons. The van der Waals surface area contributed by atoms with Crippen LogP contribution in [-0.4, -0.2) is 34.6 Å². The van der Waals surface area contributed by atoms with Gasteiger partial charge >= 0.3 is 0 Å². The summed E-state index contributed by atoms with van der Waals surface area (Å²) in [4.78, 5) is 27.4. The van der Waals surface area contributed by atoms with Crippen LogP contribution in [0.25, 0.3) is 0 Å². The number of amides is 2. The van der Waals surface area contributed by atoms with E-state index in [1.54, 1.807) is 37.3 Å². The fourth-order valence-electron chi connectivity index (χ4n) is 3.75. The molecule has 8 heteroatoms. The maximum atomic E-state index is 14.3. The lowest BCUT2D eigenvalue weighted by molar-refractivity contribution is -0.139. The van der Waals surface area contributed by atoms with Crippen LogP contribution in [0.15, 0.2) is 42.5 Å². The molecule has 2 aromatic carbocycles. The van der Waals surface area contributed by atoms with Gasteiger partial charge in [0, 0.05) is 23.9 Å². The summed E-state index contributed by atoms with van der Waals surface area (Å²) in [5.41, 5.74) is 1.33. The van der Waals surface area contributed by atoms with E-state index < -0.39 is 11.9 Å². The predicted octanol–water partition coefficient (Wildman–Crippen LogP) is 5.84. The zero-order valence-electron chi connectivity index (χ0n) is 18.0. The van der Waals surface area contributed by atoms with Crippen LogP contribution in [0.4, 0.5) is 4.39 Å². The van der Waals surface area contributed by atoms with Crippen molar-refractivity contribution < 1.29 is 14.0 Å². The highest BCUT2D eigenvalue weighted by Crippen LogP contribution is 2.25. The minimum Gasteiger partial charge on any atom is -0.352 e. The Morgan fingerprint density at radius 3 is 2.56 bits per heavy atom. The Balaban J connectivity index is 1.66. The van der Waals surface area contributed by atoms with Crippen LogP contribution in [0.2, 0.25) is 10.0 Å². The molecule has 32 heavy (non-hydrogen) atoms. The Morgan fingerprint density at radius 1 is 1.16 bits per heavy atom. The van der Waals surface area contributed by atoms with Crippen LogP contribution in [0, 0.1) is 5.82 Å². The third kappa shape index (κ3) is 6.87. The number of thioether (sulfide) groups is 1. The zero-order chi connectivity index (χ0) is 23.1. The topological polar surface area (TPSA) is 49.4 Å². The van der Waals surface area contributed by atoms with Crippen molar-refractivity contribution in [3.05, 3.63) is 69.5 Å². The smallest absolute Gasteiger partial charge is 0.242 e. The highest BCUT2D eigenvalue weighted by atomic mass is 35.5. The standard InChI is InChI=1S/C24H27Cl2FN2O2S/c1-16(24(31)28-19-7-3-4-8-19)29(13-18-6-2-5-9-22(18)27)23(30)15-32-14-17-10-11-20(25)21(26)12-17/h2,5-6,9-12,16,19H,3-4,7-8,13-15H2,1H3,(H,28,31). The first kappa shape index (κ1) is 24.9. The molecule has 1 aliphatic carbocycles. The molecule has 1 saturated carbocycles. The summed E-state index contributed by atoms with van der Waals surface area (Å²) in [6, 6.07) is 11.1. The Labute approximate surface area is 202 Å². The van der Waals surface area contributed by atoms with Gasteiger partial charge in [-0.1, -0.05) is 60.3 Å². The van der Waals surface area contributed by atoms with Crippen molar-refractivity contribution in [2.24, 2.45) is 0 Å². The summed E-state index contributed by atoms with van der Waals surface area (Å²) in [7, 11) is 0. The molecule has 0 bridgehead atoms. The summed E-state index contributed by atoms with van der Waals surface area (Å²) < 4.78 is 14.3. The molecule has 1 aliphatic rings. The van der Waals surface area contributed by atoms with Gasteiger partial charge in [-0.15, -0.1) is 11.8 Å². The minimum absolute atomic E-state index is 0.0398. The maximum absolute atomic E-state index is 14.3. The van der Waals surface area contributed by atoms with E-state index in [-0.39, 0.29) is 30.2 Å². The maximum Gasteiger partial charge on any atom is 0.242 e. The predicted molar refractivity (Wildman–Crippen MR) is 129 cm³/mol. The molecular weight excluding hydrogens is 470 g/mol. The molecule has 1 atom stereocenters. The first-order chi connectivity index (χ1) is 15.3. The van der Waals surface area contributed by atoms with E-state index in [0.717, 1.165) is 31.2 Å². The number of nitrogens with zero attached hydrogens (tertiary/aromatic N) is 1. The SMILES string of the molecule is CC(C(=O)NC1CCCC1)N(Cc1ccccc1F)C(=O)CSCc1ccc(Cl)c(Cl)c1. The van der Waals surface area contributed by atoms with Crippen molar-refractivity contribution in [1.29, 1.82) is 0 Å². The van der Waals surface area contributed by atoms with Crippen LogP contribution < -0.4 is 5.32 Å². The second-order valence-electron chi connectivity index (χ2n) is 8.02. The minimum atomic E-state index is -0.701. The molecule has 1 unspecified atom stereocenters. The monoisotopic (exact) mass is 496 g/mol. The number of halogens is 3. The van der Waals surface area contributed by atoms with E-state index in [1.165, 1.54) is 22.7 Å². The molecule has 0 aliphatic heterocycles. The fourth-order valence-corrected chi connectivity index (χ4v) is 4.93. The van der Waals surface area contributed by atoms with Gasteiger partial charge in [-0.05, 0) is 43.5 Å². The number of carbonyl (C=O) groups excluding carboxylic acids is 2. The number of benzene rings is 2. The van der Waals surface area contributed by atoms with E-state index >= 15 is 0 Å². The second-order valence-corrected chi connectivity index (χ2v) is 9.82. The second kappa shape index (κ2) is 11.9. The van der Waals surface area contributed by atoms with Crippen LogP contribution in [0.1, 0.15) is 43.7 Å². The zero-order valence-corrected chi connectivity index (χ0v) is 20.3. The van der Waals surface area contributed by atoms with Gasteiger partial charge in [-0.3, -0.25) is 9.59 Å². The largest absolute Gasteiger partial charge is 0.352 e. The fraction of sp³-hybridized carbons (Fsp3) is 0.417. The molecule has 0 spiro atoms. The van der Waals surface area contributed by atoms with E-state index in [2.05, 4.69) is 5.32 Å². The third-order valence-electron chi connectivity index (χ3n) is 5.65. The molecule has 3 rings (SSSR count). The van der Waals surface area contributed by atoms with Crippen LogP contribution >= 0.6 is 35.0 Å². The molecule has 2 amide bonds. The molecule has 2 aromatic rings. The van der Waals surface area contributed by atoms with E-state index in [9.17, 15) is 14.0 Å².